The van der Waals surface area contributed by atoms with Crippen molar-refractivity contribution in [3.8, 4) is 0 Å². The zero-order valence-electron chi connectivity index (χ0n) is 12.3. The molecule has 20 heavy (non-hydrogen) atoms. The van der Waals surface area contributed by atoms with E-state index in [1.807, 2.05) is 30.1 Å². The Bertz CT molecular complexity index is 415. The van der Waals surface area contributed by atoms with Crippen LogP contribution < -0.4 is 5.73 Å². The fourth-order valence-corrected chi connectivity index (χ4v) is 2.72. The quantitative estimate of drug-likeness (QED) is 0.855. The van der Waals surface area contributed by atoms with Crippen molar-refractivity contribution in [1.29, 1.82) is 0 Å². The van der Waals surface area contributed by atoms with E-state index in [0.29, 0.717) is 13.0 Å². The van der Waals surface area contributed by atoms with Crippen LogP contribution in [0.15, 0.2) is 30.3 Å². The first kappa shape index (κ1) is 15.0. The number of nitrogens with zero attached hydrogens (tertiary/aromatic N) is 2. The lowest BCUT2D eigenvalue weighted by Gasteiger charge is -2.28. The number of likely N-dealkylation sites (tertiary alicyclic amines) is 1. The van der Waals surface area contributed by atoms with Gasteiger partial charge in [-0.05, 0) is 25.5 Å². The third-order valence-corrected chi connectivity index (χ3v) is 4.04. The van der Waals surface area contributed by atoms with Crippen LogP contribution in [0.5, 0.6) is 0 Å². The summed E-state index contributed by atoms with van der Waals surface area (Å²) in [6, 6.07) is 10.4. The SMILES string of the molecule is CN(Cc1ccccc1)C(CN)CC(=O)N1CCCC1. The molecule has 2 N–H and O–H groups in total. The third kappa shape index (κ3) is 4.05. The molecule has 2 rings (SSSR count). The van der Waals surface area contributed by atoms with Crippen LogP contribution in [0.2, 0.25) is 0 Å². The topological polar surface area (TPSA) is 49.6 Å². The molecule has 4 nitrogen and oxygen atoms in total. The second-order valence-electron chi connectivity index (χ2n) is 5.58. The molecule has 1 heterocycles. The second-order valence-corrected chi connectivity index (χ2v) is 5.58. The minimum Gasteiger partial charge on any atom is -0.343 e. The smallest absolute Gasteiger partial charge is 0.224 e. The summed E-state index contributed by atoms with van der Waals surface area (Å²) in [4.78, 5) is 16.4. The van der Waals surface area contributed by atoms with Gasteiger partial charge >= 0.3 is 0 Å². The number of likely N-dealkylation sites (N-methyl/N-ethyl adjacent to an activating group) is 1. The molecule has 0 bridgehead atoms. The summed E-state index contributed by atoms with van der Waals surface area (Å²) in [6.07, 6.45) is 2.80. The summed E-state index contributed by atoms with van der Waals surface area (Å²) in [5.74, 6) is 0.248. The van der Waals surface area contributed by atoms with Gasteiger partial charge in [0.1, 0.15) is 0 Å². The van der Waals surface area contributed by atoms with Gasteiger partial charge in [-0.25, -0.2) is 0 Å². The van der Waals surface area contributed by atoms with E-state index in [9.17, 15) is 4.79 Å². The van der Waals surface area contributed by atoms with Crippen molar-refractivity contribution >= 4 is 5.91 Å². The van der Waals surface area contributed by atoms with Crippen molar-refractivity contribution < 1.29 is 4.79 Å². The number of benzene rings is 1. The number of carbonyl (C=O) groups is 1. The van der Waals surface area contributed by atoms with Crippen LogP contribution in [0.25, 0.3) is 0 Å². The van der Waals surface area contributed by atoms with E-state index >= 15 is 0 Å². The molecule has 4 heteroatoms. The Morgan fingerprint density at radius 3 is 2.55 bits per heavy atom. The normalized spacial score (nSPS) is 16.6. The number of nitrogens with two attached hydrogens (primary N) is 1. The summed E-state index contributed by atoms with van der Waals surface area (Å²) in [7, 11) is 2.04. The van der Waals surface area contributed by atoms with Gasteiger partial charge in [0.05, 0.1) is 0 Å². The van der Waals surface area contributed by atoms with Gasteiger partial charge in [0.25, 0.3) is 0 Å². The van der Waals surface area contributed by atoms with E-state index < -0.39 is 0 Å². The molecule has 0 spiro atoms. The summed E-state index contributed by atoms with van der Waals surface area (Å²) in [5.41, 5.74) is 7.11. The lowest BCUT2D eigenvalue weighted by atomic mass is 10.1. The number of rotatable bonds is 6. The summed E-state index contributed by atoms with van der Waals surface area (Å²) in [6.45, 7) is 3.18. The lowest BCUT2D eigenvalue weighted by Crippen LogP contribution is -2.42. The van der Waals surface area contributed by atoms with Crippen molar-refractivity contribution in [2.45, 2.75) is 31.8 Å². The van der Waals surface area contributed by atoms with Crippen LogP contribution in [0.3, 0.4) is 0 Å². The van der Waals surface area contributed by atoms with E-state index in [2.05, 4.69) is 17.0 Å². The molecule has 0 aliphatic carbocycles. The molecule has 0 radical (unpaired) electrons. The average Bonchev–Trinajstić information content (AvgIpc) is 2.99. The standard InChI is InChI=1S/C16H25N3O/c1-18(13-14-7-3-2-4-8-14)15(12-17)11-16(20)19-9-5-6-10-19/h2-4,7-8,15H,5-6,9-13,17H2,1H3. The van der Waals surface area contributed by atoms with Crippen LogP contribution in [-0.4, -0.2) is 48.4 Å². The molecule has 1 amide bonds. The fourth-order valence-electron chi connectivity index (χ4n) is 2.72. The predicted molar refractivity (Wildman–Crippen MR) is 81.2 cm³/mol. The van der Waals surface area contributed by atoms with Gasteiger partial charge in [0.2, 0.25) is 5.91 Å². The van der Waals surface area contributed by atoms with E-state index in [-0.39, 0.29) is 11.9 Å². The predicted octanol–water partition coefficient (Wildman–Crippen LogP) is 1.46. The number of hydrogen-bond donors (Lipinski definition) is 1. The van der Waals surface area contributed by atoms with Crippen LogP contribution in [0.1, 0.15) is 24.8 Å². The van der Waals surface area contributed by atoms with Crippen LogP contribution in [0, 0.1) is 0 Å². The average molecular weight is 275 g/mol. The highest BCUT2D eigenvalue weighted by Crippen LogP contribution is 2.13. The fraction of sp³-hybridized carbons (Fsp3) is 0.562. The lowest BCUT2D eigenvalue weighted by molar-refractivity contribution is -0.131. The Hall–Kier alpha value is -1.39. The Morgan fingerprint density at radius 1 is 1.30 bits per heavy atom. The molecule has 1 saturated heterocycles. The maximum Gasteiger partial charge on any atom is 0.224 e. The Balaban J connectivity index is 1.88. The zero-order chi connectivity index (χ0) is 14.4. The molecule has 1 fully saturated rings. The highest BCUT2D eigenvalue weighted by molar-refractivity contribution is 5.77. The molecule has 1 atom stereocenters. The zero-order valence-corrected chi connectivity index (χ0v) is 12.3. The summed E-state index contributed by atoms with van der Waals surface area (Å²) < 4.78 is 0. The largest absolute Gasteiger partial charge is 0.343 e. The first-order valence-electron chi connectivity index (χ1n) is 7.42. The molecular formula is C16H25N3O. The van der Waals surface area contributed by atoms with Crippen LogP contribution in [-0.2, 0) is 11.3 Å². The van der Waals surface area contributed by atoms with Crippen molar-refractivity contribution in [1.82, 2.24) is 9.80 Å². The van der Waals surface area contributed by atoms with Crippen molar-refractivity contribution in [3.05, 3.63) is 35.9 Å². The molecule has 1 aromatic rings. The number of hydrogen-bond acceptors (Lipinski definition) is 3. The second kappa shape index (κ2) is 7.41. The number of amides is 1. The highest BCUT2D eigenvalue weighted by Gasteiger charge is 2.23. The van der Waals surface area contributed by atoms with Gasteiger partial charge < -0.3 is 10.6 Å². The van der Waals surface area contributed by atoms with Crippen LogP contribution >= 0.6 is 0 Å². The minimum absolute atomic E-state index is 0.114. The molecule has 110 valence electrons. The van der Waals surface area contributed by atoms with Gasteiger partial charge in [-0.3, -0.25) is 9.69 Å². The minimum atomic E-state index is 0.114. The number of carbonyl (C=O) groups excluding carboxylic acids is 1. The first-order chi connectivity index (χ1) is 9.70. The van der Waals surface area contributed by atoms with Gasteiger partial charge in [-0.15, -0.1) is 0 Å². The molecule has 0 aromatic heterocycles. The molecule has 1 aromatic carbocycles. The van der Waals surface area contributed by atoms with Gasteiger partial charge in [0, 0.05) is 38.6 Å². The molecule has 1 unspecified atom stereocenters. The van der Waals surface area contributed by atoms with Crippen molar-refractivity contribution in [2.75, 3.05) is 26.7 Å². The summed E-state index contributed by atoms with van der Waals surface area (Å²) in [5, 5.41) is 0. The van der Waals surface area contributed by atoms with E-state index in [1.54, 1.807) is 0 Å². The van der Waals surface area contributed by atoms with Gasteiger partial charge in [-0.2, -0.15) is 0 Å². The van der Waals surface area contributed by atoms with Gasteiger partial charge in [-0.1, -0.05) is 30.3 Å². The summed E-state index contributed by atoms with van der Waals surface area (Å²) >= 11 is 0. The van der Waals surface area contributed by atoms with E-state index in [1.165, 1.54) is 5.56 Å². The van der Waals surface area contributed by atoms with E-state index in [4.69, 9.17) is 5.73 Å². The van der Waals surface area contributed by atoms with Crippen LogP contribution in [0.4, 0.5) is 0 Å². The Labute approximate surface area is 121 Å². The molecule has 0 saturated carbocycles. The Morgan fingerprint density at radius 2 is 1.95 bits per heavy atom. The molecule has 1 aliphatic rings. The maximum absolute atomic E-state index is 12.2. The molecule has 1 aliphatic heterocycles. The first-order valence-corrected chi connectivity index (χ1v) is 7.42. The van der Waals surface area contributed by atoms with Crippen molar-refractivity contribution in [3.63, 3.8) is 0 Å². The molecular weight excluding hydrogens is 250 g/mol. The van der Waals surface area contributed by atoms with Gasteiger partial charge in [0.15, 0.2) is 0 Å². The monoisotopic (exact) mass is 275 g/mol. The third-order valence-electron chi connectivity index (χ3n) is 4.04. The maximum atomic E-state index is 12.2. The Kier molecular flexibility index (Phi) is 5.56. The highest BCUT2D eigenvalue weighted by atomic mass is 16.2. The van der Waals surface area contributed by atoms with Crippen molar-refractivity contribution in [2.24, 2.45) is 5.73 Å². The van der Waals surface area contributed by atoms with E-state index in [0.717, 1.165) is 32.5 Å².